The highest BCUT2D eigenvalue weighted by atomic mass is 35.5. The minimum Gasteiger partial charge on any atom is -0.349 e. The van der Waals surface area contributed by atoms with E-state index in [2.05, 4.69) is 24.6 Å². The molecule has 5 heteroatoms. The van der Waals surface area contributed by atoms with Crippen LogP contribution in [-0.4, -0.2) is 11.9 Å². The van der Waals surface area contributed by atoms with Crippen molar-refractivity contribution in [1.29, 1.82) is 0 Å². The molecule has 1 aromatic carbocycles. The Hall–Kier alpha value is -1.26. The van der Waals surface area contributed by atoms with Crippen LogP contribution in [0.25, 0.3) is 0 Å². The van der Waals surface area contributed by atoms with E-state index >= 15 is 0 Å². The number of nitrogens with two attached hydrogens (primary N) is 1. The normalized spacial score (nSPS) is 26.1. The molecule has 1 aromatic rings. The van der Waals surface area contributed by atoms with Crippen LogP contribution in [0.5, 0.6) is 0 Å². The van der Waals surface area contributed by atoms with Crippen molar-refractivity contribution < 1.29 is 4.79 Å². The highest BCUT2D eigenvalue weighted by Crippen LogP contribution is 2.29. The highest BCUT2D eigenvalue weighted by molar-refractivity contribution is 6.31. The summed E-state index contributed by atoms with van der Waals surface area (Å²) in [6.45, 7) is 4.46. The van der Waals surface area contributed by atoms with Crippen molar-refractivity contribution in [1.82, 2.24) is 5.32 Å². The molecule has 4 N–H and O–H groups in total. The quantitative estimate of drug-likeness (QED) is 0.592. The molecule has 1 amide bonds. The summed E-state index contributed by atoms with van der Waals surface area (Å²) in [4.78, 5) is 12.4. The molecule has 1 aliphatic rings. The third-order valence-electron chi connectivity index (χ3n) is 4.13. The van der Waals surface area contributed by atoms with Gasteiger partial charge < -0.3 is 10.7 Å². The first-order valence-corrected chi connectivity index (χ1v) is 7.46. The number of rotatable bonds is 3. The van der Waals surface area contributed by atoms with Crippen LogP contribution in [0.2, 0.25) is 5.02 Å². The number of anilines is 1. The van der Waals surface area contributed by atoms with Gasteiger partial charge in [-0.15, -0.1) is 0 Å². The Bertz CT molecular complexity index is 492. The molecule has 0 spiro atoms. The number of benzene rings is 1. The van der Waals surface area contributed by atoms with Gasteiger partial charge in [0.05, 0.1) is 11.3 Å². The molecule has 0 aliphatic heterocycles. The monoisotopic (exact) mass is 295 g/mol. The van der Waals surface area contributed by atoms with Gasteiger partial charge >= 0.3 is 0 Å². The van der Waals surface area contributed by atoms with Gasteiger partial charge in [0.2, 0.25) is 0 Å². The van der Waals surface area contributed by atoms with Crippen LogP contribution >= 0.6 is 11.6 Å². The number of carbonyl (C=O) groups is 1. The van der Waals surface area contributed by atoms with E-state index < -0.39 is 0 Å². The number of carbonyl (C=O) groups excluding carboxylic acids is 1. The summed E-state index contributed by atoms with van der Waals surface area (Å²) >= 11 is 5.96. The SMILES string of the molecule is CC1CCC(NC(=O)c2cc(Cl)ccc2NN)C(C)C1. The predicted molar refractivity (Wildman–Crippen MR) is 82.7 cm³/mol. The lowest BCUT2D eigenvalue weighted by Gasteiger charge is -2.33. The lowest BCUT2D eigenvalue weighted by molar-refractivity contribution is 0.0900. The summed E-state index contributed by atoms with van der Waals surface area (Å²) in [5, 5.41) is 3.64. The van der Waals surface area contributed by atoms with Gasteiger partial charge in [0, 0.05) is 11.1 Å². The van der Waals surface area contributed by atoms with Gasteiger partial charge in [-0.3, -0.25) is 10.6 Å². The molecule has 1 fully saturated rings. The third kappa shape index (κ3) is 3.44. The van der Waals surface area contributed by atoms with E-state index in [1.54, 1.807) is 18.2 Å². The van der Waals surface area contributed by atoms with Crippen LogP contribution in [0, 0.1) is 11.8 Å². The number of halogens is 1. The Labute approximate surface area is 125 Å². The van der Waals surface area contributed by atoms with Gasteiger partial charge in [-0.25, -0.2) is 0 Å². The fourth-order valence-corrected chi connectivity index (χ4v) is 3.13. The first-order chi connectivity index (χ1) is 9.51. The molecule has 1 saturated carbocycles. The van der Waals surface area contributed by atoms with Crippen molar-refractivity contribution >= 4 is 23.2 Å². The molecule has 0 heterocycles. The van der Waals surface area contributed by atoms with Crippen LogP contribution in [0.4, 0.5) is 5.69 Å². The van der Waals surface area contributed by atoms with Crippen LogP contribution in [0.1, 0.15) is 43.5 Å². The Balaban J connectivity index is 2.10. The van der Waals surface area contributed by atoms with Gasteiger partial charge in [0.25, 0.3) is 5.91 Å². The lowest BCUT2D eigenvalue weighted by Crippen LogP contribution is -2.42. The maximum absolute atomic E-state index is 12.4. The summed E-state index contributed by atoms with van der Waals surface area (Å²) in [6, 6.07) is 5.29. The molecule has 0 saturated heterocycles. The van der Waals surface area contributed by atoms with Gasteiger partial charge in [-0.1, -0.05) is 25.4 Å². The van der Waals surface area contributed by atoms with Crippen LogP contribution in [0.3, 0.4) is 0 Å². The first-order valence-electron chi connectivity index (χ1n) is 7.08. The summed E-state index contributed by atoms with van der Waals surface area (Å²) in [6.07, 6.45) is 3.34. The molecule has 2 rings (SSSR count). The van der Waals surface area contributed by atoms with Crippen molar-refractivity contribution in [2.24, 2.45) is 17.7 Å². The Kier molecular flexibility index (Phi) is 4.89. The Morgan fingerprint density at radius 2 is 2.10 bits per heavy atom. The summed E-state index contributed by atoms with van der Waals surface area (Å²) in [5.41, 5.74) is 3.62. The van der Waals surface area contributed by atoms with Gasteiger partial charge in [0.1, 0.15) is 0 Å². The van der Waals surface area contributed by atoms with Gasteiger partial charge in [0.15, 0.2) is 0 Å². The number of amides is 1. The molecule has 20 heavy (non-hydrogen) atoms. The molecule has 3 atom stereocenters. The summed E-state index contributed by atoms with van der Waals surface area (Å²) in [7, 11) is 0. The second-order valence-corrected chi connectivity index (χ2v) is 6.25. The second kappa shape index (κ2) is 6.46. The second-order valence-electron chi connectivity index (χ2n) is 5.81. The topological polar surface area (TPSA) is 67.2 Å². The molecule has 1 aliphatic carbocycles. The largest absolute Gasteiger partial charge is 0.349 e. The van der Waals surface area contributed by atoms with Crippen LogP contribution in [-0.2, 0) is 0 Å². The fraction of sp³-hybridized carbons (Fsp3) is 0.533. The predicted octanol–water partition coefficient (Wildman–Crippen LogP) is 3.18. The highest BCUT2D eigenvalue weighted by Gasteiger charge is 2.27. The summed E-state index contributed by atoms with van der Waals surface area (Å²) in [5.74, 6) is 6.56. The smallest absolute Gasteiger partial charge is 0.253 e. The van der Waals surface area contributed by atoms with E-state index in [1.165, 1.54) is 0 Å². The maximum atomic E-state index is 12.4. The van der Waals surface area contributed by atoms with Gasteiger partial charge in [-0.05, 0) is 49.3 Å². The van der Waals surface area contributed by atoms with Crippen molar-refractivity contribution in [3.05, 3.63) is 28.8 Å². The average Bonchev–Trinajstić information content (AvgIpc) is 2.41. The molecular formula is C15H22ClN3O. The fourth-order valence-electron chi connectivity index (χ4n) is 2.96. The van der Waals surface area contributed by atoms with Crippen molar-refractivity contribution in [3.63, 3.8) is 0 Å². The number of hydrogen-bond acceptors (Lipinski definition) is 3. The van der Waals surface area contributed by atoms with E-state index in [4.69, 9.17) is 17.4 Å². The Morgan fingerprint density at radius 1 is 1.35 bits per heavy atom. The number of hydrogen-bond donors (Lipinski definition) is 3. The zero-order valence-corrected chi connectivity index (χ0v) is 12.7. The van der Waals surface area contributed by atoms with E-state index in [0.717, 1.165) is 25.2 Å². The molecule has 0 bridgehead atoms. The molecule has 0 aromatic heterocycles. The van der Waals surface area contributed by atoms with Crippen molar-refractivity contribution in [2.45, 2.75) is 39.2 Å². The van der Waals surface area contributed by atoms with E-state index in [1.807, 2.05) is 0 Å². The minimum absolute atomic E-state index is 0.119. The van der Waals surface area contributed by atoms with Gasteiger partial charge in [-0.2, -0.15) is 0 Å². The molecule has 3 unspecified atom stereocenters. The third-order valence-corrected chi connectivity index (χ3v) is 4.36. The first kappa shape index (κ1) is 15.1. The molecular weight excluding hydrogens is 274 g/mol. The zero-order valence-electron chi connectivity index (χ0n) is 11.9. The average molecular weight is 296 g/mol. The number of nitrogen functional groups attached to an aromatic ring is 1. The standard InChI is InChI=1S/C15H22ClN3O/c1-9-3-5-13(10(2)7-9)18-15(20)12-8-11(16)4-6-14(12)19-17/h4,6,8-10,13,19H,3,5,7,17H2,1-2H3,(H,18,20). The van der Waals surface area contributed by atoms with E-state index in [0.29, 0.717) is 22.2 Å². The van der Waals surface area contributed by atoms with Crippen molar-refractivity contribution in [3.8, 4) is 0 Å². The lowest BCUT2D eigenvalue weighted by atomic mass is 9.80. The molecule has 0 radical (unpaired) electrons. The number of nitrogens with one attached hydrogen (secondary N) is 2. The maximum Gasteiger partial charge on any atom is 0.253 e. The Morgan fingerprint density at radius 3 is 2.75 bits per heavy atom. The van der Waals surface area contributed by atoms with Crippen LogP contribution in [0.15, 0.2) is 18.2 Å². The molecule has 110 valence electrons. The van der Waals surface area contributed by atoms with Crippen LogP contribution < -0.4 is 16.6 Å². The summed E-state index contributed by atoms with van der Waals surface area (Å²) < 4.78 is 0. The number of hydrazine groups is 1. The van der Waals surface area contributed by atoms with Crippen molar-refractivity contribution in [2.75, 3.05) is 5.43 Å². The van der Waals surface area contributed by atoms with E-state index in [-0.39, 0.29) is 11.9 Å². The molecule has 4 nitrogen and oxygen atoms in total. The van der Waals surface area contributed by atoms with E-state index in [9.17, 15) is 4.79 Å². The zero-order chi connectivity index (χ0) is 14.7. The minimum atomic E-state index is -0.119.